The number of nitrogens with zero attached hydrogens (tertiary/aromatic N) is 4. The first-order chi connectivity index (χ1) is 13.7. The van der Waals surface area contributed by atoms with Gasteiger partial charge in [-0.25, -0.2) is 18.4 Å². The molecular weight excluding hydrogens is 399 g/mol. The van der Waals surface area contributed by atoms with Gasteiger partial charge in [-0.15, -0.1) is 0 Å². The average Bonchev–Trinajstić information content (AvgIpc) is 3.25. The molecule has 3 atom stereocenters. The lowest BCUT2D eigenvalue weighted by atomic mass is 10.1. The number of hydrogen-bond acceptors (Lipinski definition) is 5. The summed E-state index contributed by atoms with van der Waals surface area (Å²) in [5, 5.41) is 13.4. The van der Waals surface area contributed by atoms with E-state index in [0.29, 0.717) is 15.8 Å². The fourth-order valence-corrected chi connectivity index (χ4v) is 2.46. The van der Waals surface area contributed by atoms with Crippen LogP contribution in [-0.4, -0.2) is 43.7 Å². The van der Waals surface area contributed by atoms with Crippen molar-refractivity contribution in [1.82, 2.24) is 19.7 Å². The largest absolute Gasteiger partial charge is 0.484 e. The van der Waals surface area contributed by atoms with E-state index in [1.165, 1.54) is 42.6 Å². The Morgan fingerprint density at radius 3 is 2.28 bits per heavy atom. The number of ether oxygens (including phenoxy) is 1. The van der Waals surface area contributed by atoms with E-state index in [1.54, 1.807) is 0 Å². The molecule has 6 nitrogen and oxygen atoms in total. The van der Waals surface area contributed by atoms with Crippen LogP contribution in [0.2, 0.25) is 0 Å². The normalized spacial score (nSPS) is 15.0. The third-order valence-corrected chi connectivity index (χ3v) is 3.93. The van der Waals surface area contributed by atoms with Gasteiger partial charge in [0.1, 0.15) is 24.5 Å². The molecule has 154 valence electrons. The van der Waals surface area contributed by atoms with Gasteiger partial charge in [-0.05, 0) is 23.8 Å². The van der Waals surface area contributed by atoms with Gasteiger partial charge in [0.2, 0.25) is 6.30 Å². The zero-order valence-corrected chi connectivity index (χ0v) is 14.7. The molecule has 1 N–H and O–H groups in total. The molecule has 3 rings (SSSR count). The Morgan fingerprint density at radius 1 is 1.03 bits per heavy atom. The average molecular weight is 414 g/mol. The molecule has 0 saturated carbocycles. The van der Waals surface area contributed by atoms with Crippen molar-refractivity contribution >= 4 is 0 Å². The Hall–Kier alpha value is -3.08. The van der Waals surface area contributed by atoms with Crippen LogP contribution in [0, 0.1) is 0 Å². The summed E-state index contributed by atoms with van der Waals surface area (Å²) in [6.07, 6.45) is -7.35. The fraction of sp³-hybridized carbons (Fsp3) is 0.278. The van der Waals surface area contributed by atoms with Crippen LogP contribution in [0.1, 0.15) is 18.2 Å². The molecule has 0 fully saturated rings. The molecule has 0 aliphatic carbocycles. The van der Waals surface area contributed by atoms with Gasteiger partial charge in [0, 0.05) is 11.8 Å². The lowest BCUT2D eigenvalue weighted by molar-refractivity contribution is -0.153. The van der Waals surface area contributed by atoms with Crippen LogP contribution in [0.25, 0.3) is 11.1 Å². The van der Waals surface area contributed by atoms with Crippen molar-refractivity contribution in [2.45, 2.75) is 24.7 Å². The first-order valence-electron chi connectivity index (χ1n) is 8.31. The smallest absolute Gasteiger partial charge is 0.422 e. The van der Waals surface area contributed by atoms with Gasteiger partial charge in [-0.1, -0.05) is 18.2 Å². The van der Waals surface area contributed by atoms with Crippen molar-refractivity contribution < 1.29 is 31.8 Å². The highest BCUT2D eigenvalue weighted by Gasteiger charge is 2.32. The molecule has 0 spiro atoms. The lowest BCUT2D eigenvalue weighted by Gasteiger charge is -2.19. The van der Waals surface area contributed by atoms with Crippen LogP contribution in [0.15, 0.2) is 55.2 Å². The van der Waals surface area contributed by atoms with Crippen molar-refractivity contribution in [1.29, 1.82) is 0 Å². The molecule has 2 aromatic heterocycles. The third kappa shape index (κ3) is 5.25. The maximum absolute atomic E-state index is 14.4. The molecule has 29 heavy (non-hydrogen) atoms. The maximum Gasteiger partial charge on any atom is 0.422 e. The van der Waals surface area contributed by atoms with Gasteiger partial charge in [0.05, 0.1) is 5.69 Å². The number of rotatable bonds is 7. The topological polar surface area (TPSA) is 73.1 Å². The molecular formula is C18H15F5N4O2. The van der Waals surface area contributed by atoms with Crippen LogP contribution in [0.3, 0.4) is 0 Å². The van der Waals surface area contributed by atoms with Crippen LogP contribution >= 0.6 is 0 Å². The molecule has 0 saturated heterocycles. The Bertz CT molecular complexity index is 902. The summed E-state index contributed by atoms with van der Waals surface area (Å²) in [6, 6.07) is 8.55. The fourth-order valence-electron chi connectivity index (χ4n) is 2.46. The Balaban J connectivity index is 1.66. The van der Waals surface area contributed by atoms with Gasteiger partial charge in [-0.2, -0.15) is 18.3 Å². The van der Waals surface area contributed by atoms with E-state index in [9.17, 15) is 27.1 Å². The van der Waals surface area contributed by atoms with E-state index < -0.39 is 31.4 Å². The Morgan fingerprint density at radius 2 is 1.72 bits per heavy atom. The van der Waals surface area contributed by atoms with Crippen LogP contribution in [0.5, 0.6) is 5.75 Å². The third-order valence-electron chi connectivity index (χ3n) is 3.93. The highest BCUT2D eigenvalue weighted by atomic mass is 19.4. The Kier molecular flexibility index (Phi) is 6.06. The molecule has 11 heteroatoms. The van der Waals surface area contributed by atoms with Crippen LogP contribution < -0.4 is 4.74 Å². The first-order valence-corrected chi connectivity index (χ1v) is 8.31. The first kappa shape index (κ1) is 20.6. The number of hydrogen-bond donors (Lipinski definition) is 1. The van der Waals surface area contributed by atoms with E-state index in [-0.39, 0.29) is 11.4 Å². The van der Waals surface area contributed by atoms with E-state index in [0.717, 1.165) is 12.7 Å². The summed E-state index contributed by atoms with van der Waals surface area (Å²) in [7, 11) is 0. The van der Waals surface area contributed by atoms with Gasteiger partial charge >= 0.3 is 6.18 Å². The minimum Gasteiger partial charge on any atom is -0.484 e. The molecule has 3 aromatic rings. The summed E-state index contributed by atoms with van der Waals surface area (Å²) >= 11 is 0. The highest BCUT2D eigenvalue weighted by Crippen LogP contribution is 2.29. The molecule has 0 amide bonds. The lowest BCUT2D eigenvalue weighted by Crippen LogP contribution is -2.26. The zero-order valence-electron chi connectivity index (χ0n) is 14.7. The SMILES string of the molecule is OC(C(F)c1ccc(-c2ccc(OCC(F)(F)F)cc2)cn1)C(F)n1cncn1. The van der Waals surface area contributed by atoms with Crippen molar-refractivity contribution in [3.63, 3.8) is 0 Å². The number of aliphatic hydroxyl groups is 1. The molecule has 0 bridgehead atoms. The molecule has 2 heterocycles. The highest BCUT2D eigenvalue weighted by molar-refractivity contribution is 5.63. The maximum atomic E-state index is 14.4. The van der Waals surface area contributed by atoms with E-state index >= 15 is 0 Å². The Labute approximate surface area is 161 Å². The summed E-state index contributed by atoms with van der Waals surface area (Å²) < 4.78 is 70.3. The minimum absolute atomic E-state index is 0.0460. The molecule has 1 aromatic carbocycles. The molecule has 0 aliphatic rings. The number of benzene rings is 1. The number of halogens is 5. The monoisotopic (exact) mass is 414 g/mol. The predicted octanol–water partition coefficient (Wildman–Crippen LogP) is 3.82. The van der Waals surface area contributed by atoms with Gasteiger partial charge in [-0.3, -0.25) is 4.98 Å². The molecule has 3 unspecified atom stereocenters. The summed E-state index contributed by atoms with van der Waals surface area (Å²) in [4.78, 5) is 7.43. The van der Waals surface area contributed by atoms with E-state index in [1.807, 2.05) is 0 Å². The van der Waals surface area contributed by atoms with Crippen LogP contribution in [0.4, 0.5) is 22.0 Å². The number of aromatic nitrogens is 4. The van der Waals surface area contributed by atoms with E-state index in [4.69, 9.17) is 0 Å². The van der Waals surface area contributed by atoms with Crippen molar-refractivity contribution in [2.75, 3.05) is 6.61 Å². The minimum atomic E-state index is -4.43. The summed E-state index contributed by atoms with van der Waals surface area (Å²) in [5.74, 6) is 0.0460. The molecule has 0 aliphatic heterocycles. The number of aliphatic hydroxyl groups excluding tert-OH is 1. The predicted molar refractivity (Wildman–Crippen MR) is 91.2 cm³/mol. The standard InChI is InChI=1S/C18H15F5N4O2/c19-15(16(28)17(20)27-10-24-9-26-27)14-6-3-12(7-25-14)11-1-4-13(5-2-11)29-8-18(21,22)23/h1-7,9-10,15-17,28H,8H2. The zero-order chi connectivity index (χ0) is 21.0. The summed E-state index contributed by atoms with van der Waals surface area (Å²) in [5.41, 5.74) is 0.963. The van der Waals surface area contributed by atoms with Gasteiger partial charge in [0.15, 0.2) is 12.8 Å². The van der Waals surface area contributed by atoms with E-state index in [2.05, 4.69) is 19.8 Å². The van der Waals surface area contributed by atoms with Crippen LogP contribution in [-0.2, 0) is 0 Å². The van der Waals surface area contributed by atoms with Crippen molar-refractivity contribution in [3.05, 3.63) is 60.9 Å². The quantitative estimate of drug-likeness (QED) is 0.595. The second-order valence-electron chi connectivity index (χ2n) is 6.04. The van der Waals surface area contributed by atoms with Crippen molar-refractivity contribution in [2.24, 2.45) is 0 Å². The van der Waals surface area contributed by atoms with Gasteiger partial charge in [0.25, 0.3) is 0 Å². The number of alkyl halides is 5. The number of pyridine rings is 1. The van der Waals surface area contributed by atoms with Gasteiger partial charge < -0.3 is 9.84 Å². The second kappa shape index (κ2) is 8.52. The second-order valence-corrected chi connectivity index (χ2v) is 6.04. The molecule has 0 radical (unpaired) electrons. The van der Waals surface area contributed by atoms with Crippen molar-refractivity contribution in [3.8, 4) is 16.9 Å². The summed E-state index contributed by atoms with van der Waals surface area (Å²) in [6.45, 7) is -1.40.